The summed E-state index contributed by atoms with van der Waals surface area (Å²) in [7, 11) is 0. The first-order valence-electron chi connectivity index (χ1n) is 10.5. The summed E-state index contributed by atoms with van der Waals surface area (Å²) in [5.74, 6) is -2.78. The molecule has 29 heavy (non-hydrogen) atoms. The lowest BCUT2D eigenvalue weighted by Crippen LogP contribution is -2.57. The number of hydrogen-bond acceptors (Lipinski definition) is 5. The Morgan fingerprint density at radius 1 is 0.966 bits per heavy atom. The summed E-state index contributed by atoms with van der Waals surface area (Å²) in [6, 6.07) is 8.29. The molecule has 0 aromatic heterocycles. The van der Waals surface area contributed by atoms with E-state index in [0.29, 0.717) is 31.4 Å². The molecule has 7 nitrogen and oxygen atoms in total. The summed E-state index contributed by atoms with van der Waals surface area (Å²) >= 11 is 0. The van der Waals surface area contributed by atoms with Gasteiger partial charge < -0.3 is 9.84 Å². The second kappa shape index (κ2) is 12.9. The number of hydrogen-bond donors (Lipinski definition) is 2. The van der Waals surface area contributed by atoms with Gasteiger partial charge in [0, 0.05) is 0 Å². The van der Waals surface area contributed by atoms with Crippen molar-refractivity contribution in [1.82, 2.24) is 5.43 Å². The Kier molecular flexibility index (Phi) is 11.0. The third kappa shape index (κ3) is 7.85. The van der Waals surface area contributed by atoms with Crippen LogP contribution in [0.25, 0.3) is 0 Å². The lowest BCUT2D eigenvalue weighted by molar-refractivity contribution is -0.154. The van der Waals surface area contributed by atoms with Gasteiger partial charge in [0.1, 0.15) is 5.60 Å². The third-order valence-corrected chi connectivity index (χ3v) is 4.69. The average Bonchev–Trinajstić information content (AvgIpc) is 2.72. The second-order valence-corrected chi connectivity index (χ2v) is 7.08. The molecule has 0 spiro atoms. The van der Waals surface area contributed by atoms with E-state index in [1.54, 1.807) is 37.3 Å². The Labute approximate surface area is 173 Å². The molecule has 7 heteroatoms. The first-order chi connectivity index (χ1) is 13.9. The fraction of sp³-hybridized carbons (Fsp3) is 0.591. The van der Waals surface area contributed by atoms with Gasteiger partial charge in [0.05, 0.1) is 12.3 Å². The first kappa shape index (κ1) is 24.6. The van der Waals surface area contributed by atoms with E-state index in [2.05, 4.69) is 5.43 Å². The van der Waals surface area contributed by atoms with Gasteiger partial charge in [-0.2, -0.15) is 0 Å². The molecule has 2 N–H and O–H groups in total. The average molecular weight is 407 g/mol. The summed E-state index contributed by atoms with van der Waals surface area (Å²) in [4.78, 5) is 37.6. The van der Waals surface area contributed by atoms with Crippen LogP contribution in [0, 0.1) is 0 Å². The van der Waals surface area contributed by atoms with Crippen molar-refractivity contribution in [2.45, 2.75) is 77.7 Å². The fourth-order valence-corrected chi connectivity index (χ4v) is 2.99. The topological polar surface area (TPSA) is 95.9 Å². The zero-order chi connectivity index (χ0) is 21.7. The fourth-order valence-electron chi connectivity index (χ4n) is 2.99. The van der Waals surface area contributed by atoms with Crippen molar-refractivity contribution >= 4 is 23.5 Å². The summed E-state index contributed by atoms with van der Waals surface area (Å²) < 4.78 is 4.79. The zero-order valence-corrected chi connectivity index (χ0v) is 17.8. The smallest absolute Gasteiger partial charge is 0.399 e. The highest BCUT2D eigenvalue weighted by molar-refractivity contribution is 6.38. The van der Waals surface area contributed by atoms with Crippen molar-refractivity contribution in [3.8, 4) is 0 Å². The maximum Gasteiger partial charge on any atom is 0.399 e. The van der Waals surface area contributed by atoms with Gasteiger partial charge in [-0.1, -0.05) is 70.6 Å². The van der Waals surface area contributed by atoms with Crippen molar-refractivity contribution in [1.29, 1.82) is 0 Å². The van der Waals surface area contributed by atoms with Crippen molar-refractivity contribution in [3.63, 3.8) is 0 Å². The van der Waals surface area contributed by atoms with Crippen LogP contribution < -0.4 is 10.4 Å². The molecular formula is C22H34N2O5. The number of aliphatic hydroxyl groups is 1. The molecule has 0 radical (unpaired) electrons. The Bertz CT molecular complexity index is 638. The highest BCUT2D eigenvalue weighted by Crippen LogP contribution is 2.24. The van der Waals surface area contributed by atoms with Crippen LogP contribution in [-0.4, -0.2) is 35.1 Å². The van der Waals surface area contributed by atoms with Crippen LogP contribution in [0.2, 0.25) is 0 Å². The molecule has 0 saturated heterocycles. The van der Waals surface area contributed by atoms with Crippen LogP contribution in [0.4, 0.5) is 5.69 Å². The first-order valence-corrected chi connectivity index (χ1v) is 10.5. The Balaban J connectivity index is 3.06. The number of ether oxygens (including phenoxy) is 1. The molecule has 0 aliphatic rings. The van der Waals surface area contributed by atoms with E-state index in [0.717, 1.165) is 30.7 Å². The van der Waals surface area contributed by atoms with Crippen molar-refractivity contribution in [2.75, 3.05) is 11.6 Å². The monoisotopic (exact) mass is 406 g/mol. The van der Waals surface area contributed by atoms with Gasteiger partial charge in [0.2, 0.25) is 0 Å². The predicted octanol–water partition coefficient (Wildman–Crippen LogP) is 3.51. The highest BCUT2D eigenvalue weighted by Gasteiger charge is 2.37. The number of carbonyl (C=O) groups excluding carboxylic acids is 3. The Morgan fingerprint density at radius 3 is 2.00 bits per heavy atom. The van der Waals surface area contributed by atoms with E-state index in [1.807, 2.05) is 13.8 Å². The maximum atomic E-state index is 13.0. The molecule has 0 unspecified atom stereocenters. The number of para-hydroxylation sites is 1. The molecule has 0 bridgehead atoms. The number of unbranched alkanes of at least 4 members (excludes halogenated alkanes) is 4. The van der Waals surface area contributed by atoms with E-state index in [1.165, 1.54) is 0 Å². The van der Waals surface area contributed by atoms with Crippen LogP contribution in [0.1, 0.15) is 72.1 Å². The van der Waals surface area contributed by atoms with E-state index >= 15 is 0 Å². The summed E-state index contributed by atoms with van der Waals surface area (Å²) in [5.41, 5.74) is 1.16. The van der Waals surface area contributed by atoms with Gasteiger partial charge in [-0.05, 0) is 31.9 Å². The molecule has 0 heterocycles. The Morgan fingerprint density at radius 2 is 1.52 bits per heavy atom. The van der Waals surface area contributed by atoms with E-state index in [-0.39, 0.29) is 6.61 Å². The number of rotatable bonds is 11. The van der Waals surface area contributed by atoms with Crippen LogP contribution in [0.5, 0.6) is 0 Å². The molecule has 2 amide bonds. The van der Waals surface area contributed by atoms with E-state index in [9.17, 15) is 19.5 Å². The van der Waals surface area contributed by atoms with Gasteiger partial charge in [-0.15, -0.1) is 0 Å². The van der Waals surface area contributed by atoms with Crippen molar-refractivity contribution in [3.05, 3.63) is 30.3 Å². The van der Waals surface area contributed by atoms with Crippen LogP contribution in [0.3, 0.4) is 0 Å². The lowest BCUT2D eigenvalue weighted by Gasteiger charge is -2.31. The SMILES string of the molecule is CCCCCC(O)(CCCCC)C(=O)NN(C(=O)C(=O)OCC)c1ccccc1. The minimum absolute atomic E-state index is 0.0408. The molecule has 1 aromatic carbocycles. The van der Waals surface area contributed by atoms with E-state index in [4.69, 9.17) is 4.74 Å². The molecule has 0 fully saturated rings. The minimum atomic E-state index is -1.60. The number of amides is 2. The number of nitrogens with zero attached hydrogens (tertiary/aromatic N) is 1. The van der Waals surface area contributed by atoms with Crippen LogP contribution in [-0.2, 0) is 19.1 Å². The number of anilines is 1. The lowest BCUT2D eigenvalue weighted by atomic mass is 9.89. The number of esters is 1. The number of hydrazine groups is 1. The van der Waals surface area contributed by atoms with Crippen LogP contribution >= 0.6 is 0 Å². The summed E-state index contributed by atoms with van der Waals surface area (Å²) in [5, 5.41) is 11.9. The number of nitrogens with one attached hydrogen (secondary N) is 1. The van der Waals surface area contributed by atoms with Gasteiger partial charge in [0.25, 0.3) is 5.91 Å². The van der Waals surface area contributed by atoms with Crippen molar-refractivity contribution < 1.29 is 24.2 Å². The predicted molar refractivity (Wildman–Crippen MR) is 112 cm³/mol. The zero-order valence-electron chi connectivity index (χ0n) is 17.8. The molecule has 0 aliphatic heterocycles. The third-order valence-electron chi connectivity index (χ3n) is 4.69. The molecular weight excluding hydrogens is 372 g/mol. The summed E-state index contributed by atoms with van der Waals surface area (Å²) in [6.45, 7) is 5.73. The molecule has 0 atom stereocenters. The van der Waals surface area contributed by atoms with E-state index < -0.39 is 23.4 Å². The van der Waals surface area contributed by atoms with Gasteiger partial charge in [0.15, 0.2) is 0 Å². The standard InChI is InChI=1S/C22H34N2O5/c1-4-7-12-16-22(28,17-13-8-5-2)21(27)23-24(18-14-10-9-11-15-18)19(25)20(26)29-6-3/h9-11,14-15,28H,4-8,12-13,16-17H2,1-3H3,(H,23,27). The quantitative estimate of drug-likeness (QED) is 0.254. The maximum absolute atomic E-state index is 13.0. The van der Waals surface area contributed by atoms with Gasteiger partial charge in [-0.3, -0.25) is 15.0 Å². The number of carbonyl (C=O) groups is 3. The van der Waals surface area contributed by atoms with Gasteiger partial charge >= 0.3 is 11.9 Å². The highest BCUT2D eigenvalue weighted by atomic mass is 16.5. The summed E-state index contributed by atoms with van der Waals surface area (Å²) in [6.07, 6.45) is 5.71. The normalized spacial score (nSPS) is 11.0. The largest absolute Gasteiger partial charge is 0.459 e. The van der Waals surface area contributed by atoms with Gasteiger partial charge in [-0.25, -0.2) is 9.80 Å². The Hall–Kier alpha value is -2.41. The molecule has 162 valence electrons. The molecule has 0 aliphatic carbocycles. The van der Waals surface area contributed by atoms with Crippen LogP contribution in [0.15, 0.2) is 30.3 Å². The van der Waals surface area contributed by atoms with Crippen molar-refractivity contribution in [2.24, 2.45) is 0 Å². The second-order valence-electron chi connectivity index (χ2n) is 7.08. The minimum Gasteiger partial charge on any atom is -0.459 e. The molecule has 1 rings (SSSR count). The molecule has 0 saturated carbocycles. The number of benzene rings is 1. The molecule has 1 aromatic rings.